The maximum absolute atomic E-state index is 13.0. The summed E-state index contributed by atoms with van der Waals surface area (Å²) in [6.45, 7) is 0.311. The molecular formula is C48H38N2O14S2. The van der Waals surface area contributed by atoms with E-state index in [9.17, 15) is 36.0 Å². The number of aromatic carboxylic acids is 2. The monoisotopic (exact) mass is 930 g/mol. The molecule has 66 heavy (non-hydrogen) atoms. The summed E-state index contributed by atoms with van der Waals surface area (Å²) in [5.74, 6) is -1.09. The maximum Gasteiger partial charge on any atom is 0.335 e. The summed E-state index contributed by atoms with van der Waals surface area (Å²) < 4.78 is 72.9. The Morgan fingerprint density at radius 3 is 1.26 bits per heavy atom. The fourth-order valence-corrected chi connectivity index (χ4v) is 7.71. The Labute approximate surface area is 376 Å². The topological polar surface area (TPSA) is 246 Å². The summed E-state index contributed by atoms with van der Waals surface area (Å²) in [6.07, 6.45) is 4.82. The van der Waals surface area contributed by atoms with Gasteiger partial charge in [-0.2, -0.15) is 0 Å². The Hall–Kier alpha value is -8.22. The van der Waals surface area contributed by atoms with Crippen LogP contribution in [0.1, 0.15) is 31.8 Å². The van der Waals surface area contributed by atoms with Gasteiger partial charge in [0.2, 0.25) is 20.0 Å². The Kier molecular flexibility index (Phi) is 13.4. The van der Waals surface area contributed by atoms with Crippen molar-refractivity contribution in [1.29, 1.82) is 0 Å². The van der Waals surface area contributed by atoms with E-state index in [1.54, 1.807) is 109 Å². The lowest BCUT2D eigenvalue weighted by molar-refractivity contribution is 0.0686. The first-order valence-corrected chi connectivity index (χ1v) is 23.3. The van der Waals surface area contributed by atoms with E-state index in [1.165, 1.54) is 36.8 Å². The smallest absolute Gasteiger partial charge is 0.335 e. The van der Waals surface area contributed by atoms with Gasteiger partial charge in [-0.15, -0.1) is 0 Å². The van der Waals surface area contributed by atoms with Gasteiger partial charge in [-0.1, -0.05) is 48.5 Å². The van der Waals surface area contributed by atoms with Crippen LogP contribution in [0.5, 0.6) is 11.5 Å². The predicted octanol–water partition coefficient (Wildman–Crippen LogP) is 8.22. The average Bonchev–Trinajstić information content (AvgIpc) is 3.28. The molecule has 336 valence electrons. The predicted molar refractivity (Wildman–Crippen MR) is 248 cm³/mol. The van der Waals surface area contributed by atoms with Crippen LogP contribution < -0.4 is 29.8 Å². The van der Waals surface area contributed by atoms with Crippen molar-refractivity contribution in [2.24, 2.45) is 0 Å². The number of fused-ring (bicyclic) bond motifs is 2. The second-order valence-electron chi connectivity index (χ2n) is 14.8. The van der Waals surface area contributed by atoms with Gasteiger partial charge in [-0.3, -0.25) is 19.0 Å². The molecule has 0 bridgehead atoms. The van der Waals surface area contributed by atoms with E-state index in [2.05, 4.69) is 9.44 Å². The van der Waals surface area contributed by atoms with Crippen LogP contribution in [0.25, 0.3) is 44.2 Å². The number of hydrogen-bond acceptors (Lipinski definition) is 12. The average molecular weight is 931 g/mol. The third-order valence-electron chi connectivity index (χ3n) is 9.65. The van der Waals surface area contributed by atoms with E-state index >= 15 is 0 Å². The van der Waals surface area contributed by atoms with Gasteiger partial charge in [-0.25, -0.2) is 26.4 Å². The fourth-order valence-electron chi connectivity index (χ4n) is 6.58. The van der Waals surface area contributed by atoms with E-state index < -0.39 is 32.0 Å². The highest BCUT2D eigenvalue weighted by atomic mass is 32.2. The maximum atomic E-state index is 13.0. The van der Waals surface area contributed by atoms with E-state index in [0.717, 1.165) is 12.5 Å². The molecule has 0 radical (unpaired) electrons. The molecule has 0 aliphatic heterocycles. The third-order valence-corrected chi connectivity index (χ3v) is 10.9. The first kappa shape index (κ1) is 45.8. The molecule has 8 rings (SSSR count). The van der Waals surface area contributed by atoms with Crippen molar-refractivity contribution in [3.05, 3.63) is 189 Å². The Morgan fingerprint density at radius 2 is 0.909 bits per heavy atom. The van der Waals surface area contributed by atoms with Crippen LogP contribution in [0, 0.1) is 0 Å². The van der Waals surface area contributed by atoms with E-state index in [4.69, 9.17) is 28.5 Å². The molecule has 0 saturated carbocycles. The molecule has 0 amide bonds. The molecule has 2 heterocycles. The minimum atomic E-state index is -3.39. The van der Waals surface area contributed by atoms with Gasteiger partial charge >= 0.3 is 11.9 Å². The standard InChI is InChI=1S/2C24H19NO7S/c2*1-33(29,30)25-18-7-5-16(6-8-18)21-14-32-22-12-19(9-10-20(22)23(21)26)31-13-15-3-2-4-17(11-15)24(27)28/h2*2-12,14,25H,13H2,1H3,(H,27,28). The number of sulfonamides is 2. The molecule has 18 heteroatoms. The van der Waals surface area contributed by atoms with Gasteiger partial charge < -0.3 is 28.5 Å². The van der Waals surface area contributed by atoms with Crippen molar-refractivity contribution in [2.75, 3.05) is 22.0 Å². The second kappa shape index (κ2) is 19.3. The molecule has 8 aromatic rings. The first-order chi connectivity index (χ1) is 31.4. The molecule has 0 aliphatic rings. The number of rotatable bonds is 14. The minimum absolute atomic E-state index is 0.156. The van der Waals surface area contributed by atoms with Gasteiger partial charge in [-0.05, 0) is 95.1 Å². The van der Waals surface area contributed by atoms with Gasteiger partial charge in [0.05, 0.1) is 45.5 Å². The van der Waals surface area contributed by atoms with Crippen molar-refractivity contribution >= 4 is 65.3 Å². The minimum Gasteiger partial charge on any atom is -0.489 e. The number of hydrogen-bond donors (Lipinski definition) is 4. The highest BCUT2D eigenvalue weighted by molar-refractivity contribution is 7.92. The van der Waals surface area contributed by atoms with Crippen LogP contribution in [0.15, 0.2) is 164 Å². The summed E-state index contributed by atoms with van der Waals surface area (Å²) >= 11 is 0. The van der Waals surface area contributed by atoms with Crippen molar-refractivity contribution < 1.29 is 54.9 Å². The zero-order valence-electron chi connectivity index (χ0n) is 34.9. The number of carboxylic acids is 2. The van der Waals surface area contributed by atoms with Gasteiger partial charge in [0.25, 0.3) is 0 Å². The van der Waals surface area contributed by atoms with Crippen LogP contribution in [-0.4, -0.2) is 51.5 Å². The summed E-state index contributed by atoms with van der Waals surface area (Å²) in [6, 6.07) is 35.4. The lowest BCUT2D eigenvalue weighted by atomic mass is 10.1. The molecular weight excluding hydrogens is 893 g/mol. The summed E-state index contributed by atoms with van der Waals surface area (Å²) in [5, 5.41) is 18.9. The van der Waals surface area contributed by atoms with Crippen molar-refractivity contribution in [2.45, 2.75) is 13.2 Å². The van der Waals surface area contributed by atoms with Crippen molar-refractivity contribution in [1.82, 2.24) is 0 Å². The van der Waals surface area contributed by atoms with Crippen LogP contribution in [0.4, 0.5) is 11.4 Å². The van der Waals surface area contributed by atoms with Crippen molar-refractivity contribution in [3.8, 4) is 33.8 Å². The molecule has 2 aromatic heterocycles. The molecule has 4 N–H and O–H groups in total. The van der Waals surface area contributed by atoms with Crippen LogP contribution in [0.2, 0.25) is 0 Å². The number of benzene rings is 6. The summed E-state index contributed by atoms with van der Waals surface area (Å²) in [4.78, 5) is 48.1. The van der Waals surface area contributed by atoms with E-state index in [0.29, 0.717) is 78.2 Å². The lowest BCUT2D eigenvalue weighted by Gasteiger charge is -2.09. The van der Waals surface area contributed by atoms with Crippen LogP contribution in [-0.2, 0) is 33.3 Å². The zero-order chi connectivity index (χ0) is 47.2. The SMILES string of the molecule is CS(=O)(=O)Nc1ccc(-c2coc3cc(OCc4cccc(C(=O)O)c4)ccc3c2=O)cc1.CS(=O)(=O)Nc1ccc(-c2coc3cc(OCc4cccc(C(=O)O)c4)ccc3c2=O)cc1. The molecule has 0 saturated heterocycles. The Bertz CT molecular complexity index is 3250. The third kappa shape index (κ3) is 11.7. The second-order valence-corrected chi connectivity index (χ2v) is 18.3. The molecule has 0 atom stereocenters. The van der Waals surface area contributed by atoms with Gasteiger partial charge in [0, 0.05) is 23.5 Å². The molecule has 0 spiro atoms. The van der Waals surface area contributed by atoms with E-state index in [-0.39, 0.29) is 35.2 Å². The Morgan fingerprint density at radius 1 is 0.530 bits per heavy atom. The highest BCUT2D eigenvalue weighted by Crippen LogP contribution is 2.27. The Balaban J connectivity index is 0.000000196. The molecule has 0 unspecified atom stereocenters. The molecule has 16 nitrogen and oxygen atoms in total. The van der Waals surface area contributed by atoms with Gasteiger partial charge in [0.15, 0.2) is 10.9 Å². The largest absolute Gasteiger partial charge is 0.489 e. The number of carboxylic acid groups (broad SMARTS) is 2. The van der Waals surface area contributed by atoms with Crippen molar-refractivity contribution in [3.63, 3.8) is 0 Å². The summed E-state index contributed by atoms with van der Waals surface area (Å²) in [7, 11) is -6.79. The van der Waals surface area contributed by atoms with Gasteiger partial charge in [0.1, 0.15) is 48.4 Å². The lowest BCUT2D eigenvalue weighted by Crippen LogP contribution is -2.09. The highest BCUT2D eigenvalue weighted by Gasteiger charge is 2.14. The van der Waals surface area contributed by atoms with Crippen LogP contribution >= 0.6 is 0 Å². The first-order valence-electron chi connectivity index (χ1n) is 19.6. The molecule has 0 aliphatic carbocycles. The summed E-state index contributed by atoms with van der Waals surface area (Å²) in [5.41, 5.74) is 4.59. The number of ether oxygens (including phenoxy) is 2. The number of nitrogens with one attached hydrogen (secondary N) is 2. The quantitative estimate of drug-likeness (QED) is 0.0803. The number of carbonyl (C=O) groups is 2. The normalized spacial score (nSPS) is 11.3. The molecule has 6 aromatic carbocycles. The zero-order valence-corrected chi connectivity index (χ0v) is 36.5. The number of anilines is 2. The van der Waals surface area contributed by atoms with Crippen LogP contribution in [0.3, 0.4) is 0 Å². The van der Waals surface area contributed by atoms with E-state index in [1.807, 2.05) is 0 Å². The molecule has 0 fully saturated rings. The fraction of sp³-hybridized carbons (Fsp3) is 0.0833.